The lowest BCUT2D eigenvalue weighted by Crippen LogP contribution is -2.30. The van der Waals surface area contributed by atoms with Crippen molar-refractivity contribution in [3.05, 3.63) is 145 Å². The van der Waals surface area contributed by atoms with Crippen LogP contribution in [0.4, 0.5) is 0 Å². The number of carbonyl (C=O) groups is 15. The molecule has 0 bridgehead atoms. The summed E-state index contributed by atoms with van der Waals surface area (Å²) in [6, 6.07) is 19.7. The normalized spacial score (nSPS) is 13.3. The minimum Gasteiger partial charge on any atom is -0.481 e. The Balaban J connectivity index is -0.000000571. The van der Waals surface area contributed by atoms with E-state index in [1.54, 1.807) is 6.08 Å². The van der Waals surface area contributed by atoms with Gasteiger partial charge in [0.2, 0.25) is 26.7 Å². The first kappa shape index (κ1) is 102. The third-order valence-electron chi connectivity index (χ3n) is 12.6. The fourth-order valence-electron chi connectivity index (χ4n) is 7.77. The van der Waals surface area contributed by atoms with Crippen molar-refractivity contribution in [2.75, 3.05) is 45.9 Å². The van der Waals surface area contributed by atoms with E-state index in [-0.39, 0.29) is 86.6 Å². The lowest BCUT2D eigenvalue weighted by molar-refractivity contribution is -0.150. The molecule has 6 rings (SSSR count). The number of hydrogen-bond donors (Lipinski definition) is 9. The summed E-state index contributed by atoms with van der Waals surface area (Å²) in [5.74, 6) is -7.12. The largest absolute Gasteiger partial charge is 0.481 e. The smallest absolute Gasteiger partial charge is 0.333 e. The maximum absolute atomic E-state index is 11.6. The van der Waals surface area contributed by atoms with Gasteiger partial charge in [-0.2, -0.15) is 0 Å². The van der Waals surface area contributed by atoms with Crippen LogP contribution in [0.1, 0.15) is 154 Å². The maximum Gasteiger partial charge on any atom is 0.333 e. The fraction of sp³-hybridized carbons (Fsp3) is 0.423. The number of imide groups is 3. The fourth-order valence-corrected chi connectivity index (χ4v) is 7.90. The van der Waals surface area contributed by atoms with Crippen LogP contribution < -0.4 is 11.1 Å². The molecule has 30 nitrogen and oxygen atoms in total. The van der Waals surface area contributed by atoms with Crippen molar-refractivity contribution in [3.63, 3.8) is 0 Å². The van der Waals surface area contributed by atoms with Gasteiger partial charge in [0.05, 0.1) is 6.61 Å². The molecule has 1 atom stereocenters. The van der Waals surface area contributed by atoms with Crippen molar-refractivity contribution >= 4 is 143 Å². The summed E-state index contributed by atoms with van der Waals surface area (Å²) >= 11 is 5.16. The SMILES string of the molecule is C.CC(=O)O.NCCCCCC(=O)O.O=C(CCCCCN1C(=O)C=CC1=O)OC/C=C/c1ccccc1.O=C(Cl)CCCCCN1C(=O)C=CC1=O.O=C(O)/C=C\C(=O)NCCCCCC(=O)O.O=C(O)CCCCCN1C(=O)C=CC1=O.O=C1C=CC(O)O1.O=S(Cl)Cl.OC/C=C/c1ccccc1. The number of ether oxygens (including phenoxy) is 2. The number of benzene rings is 2. The van der Waals surface area contributed by atoms with E-state index in [4.69, 9.17) is 66.8 Å². The Morgan fingerprint density at radius 2 is 0.886 bits per heavy atom. The standard InChI is InChI=1S/C19H21NO4.C10H12ClNO3.C10H15NO5.C10H13NO4.C9H10O.C6H13NO2.C4H4O3.C2H4O2.CH4.Cl2OS/c21-17-12-13-18(22)20(17)14-6-2-5-11-19(23)24-15-7-10-16-8-3-1-4-9-16;11-8(13)4-2-1-3-7-12-9(14)5-6-10(12)15;12-8(5-6-10(15)16)11-7-3-1-2-4-9(13)14;12-8-5-6-9(13)11(8)7-3-1-2-4-10(14)15;10-8-4-7-9-5-2-1-3-6-9;7-5-3-1-2-4-6(8)9;5-3-1-2-4(6)7-3;1-2(3)4;;1-4(2)3/h1,3-4,7-10,12-13H,2,5-6,11,14-15H2;5-6H,1-4,7H2;5-6H,1-4,7H2,(H,11,12)(H,13,14)(H,15,16);5-6H,1-4,7H2,(H,14,15);1-7,10H,8H2;1-5,7H2,(H,8,9);1-3,5H;1H3,(H,3,4);1H4;/b10-7+;;6-5-;;7-4+;;;;;. The molecule has 34 heteroatoms. The van der Waals surface area contributed by atoms with Gasteiger partial charge in [0.25, 0.3) is 41.4 Å². The average Bonchev–Trinajstić information content (AvgIpc) is 1.76. The molecule has 105 heavy (non-hydrogen) atoms. The number of carboxylic acids is 5. The minimum atomic E-state index is -1.67. The lowest BCUT2D eigenvalue weighted by Gasteiger charge is -2.12. The van der Waals surface area contributed by atoms with E-state index in [1.807, 2.05) is 78.9 Å². The van der Waals surface area contributed by atoms with Gasteiger partial charge < -0.3 is 56.3 Å². The number of aliphatic hydroxyl groups excluding tert-OH is 2. The number of rotatable bonds is 36. The van der Waals surface area contributed by atoms with Crippen LogP contribution in [-0.4, -0.2) is 195 Å². The maximum atomic E-state index is 11.6. The second-order valence-corrected chi connectivity index (χ2v) is 24.2. The third kappa shape index (κ3) is 67.3. The van der Waals surface area contributed by atoms with Crippen LogP contribution in [0.2, 0.25) is 0 Å². The third-order valence-corrected chi connectivity index (χ3v) is 12.8. The molecule has 2 aromatic carbocycles. The monoisotopic (exact) mass is 1560 g/mol. The molecule has 0 aliphatic carbocycles. The van der Waals surface area contributed by atoms with E-state index >= 15 is 0 Å². The highest BCUT2D eigenvalue weighted by molar-refractivity contribution is 8.26. The summed E-state index contributed by atoms with van der Waals surface area (Å²) in [4.78, 5) is 163. The summed E-state index contributed by atoms with van der Waals surface area (Å²) in [7, 11) is 7.36. The number of unbranched alkanes of at least 4 members (excludes halogenated alkanes) is 10. The van der Waals surface area contributed by atoms with Gasteiger partial charge in [-0.1, -0.05) is 118 Å². The highest BCUT2D eigenvalue weighted by atomic mass is 36.0. The number of cyclic esters (lactones) is 1. The molecular weight excluding hydrogens is 1460 g/mol. The van der Waals surface area contributed by atoms with E-state index in [0.29, 0.717) is 103 Å². The van der Waals surface area contributed by atoms with E-state index in [9.17, 15) is 67.1 Å². The molecule has 0 saturated heterocycles. The molecular formula is C71H96Cl3N5O25S. The summed E-state index contributed by atoms with van der Waals surface area (Å²) in [5.41, 5.74) is 7.38. The van der Waals surface area contributed by atoms with Gasteiger partial charge in [-0.25, -0.2) is 13.8 Å². The number of carboxylic acid groups (broad SMARTS) is 5. The van der Waals surface area contributed by atoms with Gasteiger partial charge in [0, 0.05) is 141 Å². The molecule has 582 valence electrons. The summed E-state index contributed by atoms with van der Waals surface area (Å²) in [6.07, 6.45) is 30.2. The number of nitrogens with zero attached hydrogens (tertiary/aromatic N) is 3. The number of esters is 2. The van der Waals surface area contributed by atoms with Gasteiger partial charge in [0.1, 0.15) is 6.61 Å². The molecule has 0 spiro atoms. The number of nitrogens with one attached hydrogen (secondary N) is 1. The Labute approximate surface area is 626 Å². The Morgan fingerprint density at radius 1 is 0.533 bits per heavy atom. The van der Waals surface area contributed by atoms with Gasteiger partial charge >= 0.3 is 35.8 Å². The molecule has 0 saturated carbocycles. The second kappa shape index (κ2) is 67.5. The van der Waals surface area contributed by atoms with E-state index in [2.05, 4.69) is 31.4 Å². The van der Waals surface area contributed by atoms with Crippen LogP contribution in [0.15, 0.2) is 134 Å². The van der Waals surface area contributed by atoms with Gasteiger partial charge in [0.15, 0.2) is 0 Å². The number of hydrogen-bond acceptors (Lipinski definition) is 21. The number of aliphatic carboxylic acids is 5. The van der Waals surface area contributed by atoms with Gasteiger partial charge in [-0.3, -0.25) is 77.0 Å². The molecule has 4 heterocycles. The number of carbonyl (C=O) groups excluding carboxylic acids is 10. The number of nitrogens with two attached hydrogens (primary N) is 1. The van der Waals surface area contributed by atoms with Crippen molar-refractivity contribution < 1.29 is 121 Å². The highest BCUT2D eigenvalue weighted by Crippen LogP contribution is 2.12. The molecule has 4 aliphatic rings. The number of amides is 7. The molecule has 4 aliphatic heterocycles. The highest BCUT2D eigenvalue weighted by Gasteiger charge is 2.24. The lowest BCUT2D eigenvalue weighted by atomic mass is 10.2. The molecule has 2 aromatic rings. The van der Waals surface area contributed by atoms with E-state index in [1.165, 1.54) is 63.3 Å². The van der Waals surface area contributed by atoms with Crippen LogP contribution in [-0.2, 0) is 90.6 Å². The summed E-state index contributed by atoms with van der Waals surface area (Å²) in [6.45, 7) is 3.73. The molecule has 7 amide bonds. The van der Waals surface area contributed by atoms with E-state index in [0.717, 1.165) is 68.7 Å². The molecule has 0 aromatic heterocycles. The van der Waals surface area contributed by atoms with Crippen LogP contribution in [0, 0.1) is 0 Å². The summed E-state index contributed by atoms with van der Waals surface area (Å²) in [5, 5.41) is 59.5. The molecule has 0 fully saturated rings. The Bertz CT molecular complexity index is 3100. The first-order valence-electron chi connectivity index (χ1n) is 32.4. The zero-order valence-corrected chi connectivity index (χ0v) is 60.6. The predicted molar refractivity (Wildman–Crippen MR) is 393 cm³/mol. The topological polar surface area (TPSA) is 481 Å². The first-order chi connectivity index (χ1) is 49.4. The van der Waals surface area contributed by atoms with E-state index < -0.39 is 57.2 Å². The minimum absolute atomic E-state index is 0. The number of aliphatic hydroxyl groups is 2. The average molecular weight is 1560 g/mol. The first-order valence-corrected chi connectivity index (χ1v) is 35.6. The van der Waals surface area contributed by atoms with Crippen LogP contribution >= 0.6 is 33.0 Å². The van der Waals surface area contributed by atoms with Gasteiger partial charge in [-0.05, 0) is 106 Å². The van der Waals surface area contributed by atoms with Crippen molar-refractivity contribution in [2.45, 2.75) is 149 Å². The number of halogens is 3. The molecule has 0 radical (unpaired) electrons. The zero-order chi connectivity index (χ0) is 78.9. The molecule has 1 unspecified atom stereocenters. The van der Waals surface area contributed by atoms with Crippen LogP contribution in [0.3, 0.4) is 0 Å². The zero-order valence-electron chi connectivity index (χ0n) is 57.5. The van der Waals surface area contributed by atoms with Crippen LogP contribution in [0.5, 0.6) is 0 Å². The van der Waals surface area contributed by atoms with Crippen LogP contribution in [0.25, 0.3) is 12.2 Å². The van der Waals surface area contributed by atoms with Crippen molar-refractivity contribution in [2.24, 2.45) is 5.73 Å². The van der Waals surface area contributed by atoms with Crippen molar-refractivity contribution in [1.82, 2.24) is 20.0 Å². The summed E-state index contributed by atoms with van der Waals surface area (Å²) < 4.78 is 18.4. The Kier molecular flexibility index (Phi) is 65.4. The predicted octanol–water partition coefficient (Wildman–Crippen LogP) is 8.38. The Hall–Kier alpha value is -9.63. The van der Waals surface area contributed by atoms with Gasteiger partial charge in [-0.15, -0.1) is 0 Å². The van der Waals surface area contributed by atoms with Crippen molar-refractivity contribution in [1.29, 1.82) is 0 Å². The second-order valence-electron chi connectivity index (χ2n) is 21.2. The quantitative estimate of drug-likeness (QED) is 0.0102. The Morgan fingerprint density at radius 3 is 1.20 bits per heavy atom. The van der Waals surface area contributed by atoms with Crippen molar-refractivity contribution in [3.8, 4) is 0 Å². The molecule has 10 N–H and O–H groups in total.